The normalized spacial score (nSPS) is 10.2. The summed E-state index contributed by atoms with van der Waals surface area (Å²) in [4.78, 5) is 12.3. The zero-order valence-electron chi connectivity index (χ0n) is 13.0. The van der Waals surface area contributed by atoms with E-state index in [1.54, 1.807) is 31.2 Å². The van der Waals surface area contributed by atoms with Gasteiger partial charge in [-0.2, -0.15) is 0 Å². The van der Waals surface area contributed by atoms with Gasteiger partial charge in [0.1, 0.15) is 17.3 Å². The SMILES string of the molecule is COc1cc(C(=O)Nc2ccc(C)c(F)c2)cc(OC)c1C. The van der Waals surface area contributed by atoms with Crippen molar-refractivity contribution in [3.05, 3.63) is 52.8 Å². The molecule has 2 rings (SSSR count). The molecule has 0 unspecified atom stereocenters. The Morgan fingerprint density at radius 3 is 2.14 bits per heavy atom. The molecule has 0 saturated carbocycles. The molecule has 1 N–H and O–H groups in total. The molecule has 0 fully saturated rings. The van der Waals surface area contributed by atoms with E-state index < -0.39 is 0 Å². The van der Waals surface area contributed by atoms with Crippen molar-refractivity contribution in [2.45, 2.75) is 13.8 Å². The van der Waals surface area contributed by atoms with Crippen LogP contribution in [0.1, 0.15) is 21.5 Å². The molecule has 5 heteroatoms. The molecule has 22 heavy (non-hydrogen) atoms. The summed E-state index contributed by atoms with van der Waals surface area (Å²) in [7, 11) is 3.05. The topological polar surface area (TPSA) is 47.6 Å². The Balaban J connectivity index is 2.31. The van der Waals surface area contributed by atoms with Crippen LogP contribution in [-0.2, 0) is 0 Å². The standard InChI is InChI=1S/C17H18FNO3/c1-10-5-6-13(9-14(10)18)19-17(20)12-7-15(21-3)11(2)16(8-12)22-4/h5-9H,1-4H3,(H,19,20). The van der Waals surface area contributed by atoms with E-state index in [1.807, 2.05) is 6.92 Å². The Morgan fingerprint density at radius 2 is 1.64 bits per heavy atom. The lowest BCUT2D eigenvalue weighted by Gasteiger charge is -2.13. The number of benzene rings is 2. The van der Waals surface area contributed by atoms with E-state index in [0.29, 0.717) is 28.3 Å². The number of aryl methyl sites for hydroxylation is 1. The van der Waals surface area contributed by atoms with Gasteiger partial charge < -0.3 is 14.8 Å². The molecule has 0 aliphatic heterocycles. The Hall–Kier alpha value is -2.56. The molecule has 0 saturated heterocycles. The van der Waals surface area contributed by atoms with Crippen LogP contribution in [-0.4, -0.2) is 20.1 Å². The number of carbonyl (C=O) groups excluding carboxylic acids is 1. The average molecular weight is 303 g/mol. The van der Waals surface area contributed by atoms with E-state index in [2.05, 4.69) is 5.32 Å². The molecule has 2 aromatic carbocycles. The Bertz CT molecular complexity index is 688. The zero-order chi connectivity index (χ0) is 16.3. The predicted octanol–water partition coefficient (Wildman–Crippen LogP) is 3.71. The number of anilines is 1. The fourth-order valence-electron chi connectivity index (χ4n) is 2.09. The van der Waals surface area contributed by atoms with Crippen LogP contribution in [0.2, 0.25) is 0 Å². The summed E-state index contributed by atoms with van der Waals surface area (Å²) in [6.07, 6.45) is 0. The van der Waals surface area contributed by atoms with Gasteiger partial charge in [0.2, 0.25) is 0 Å². The van der Waals surface area contributed by atoms with Crippen molar-refractivity contribution < 1.29 is 18.7 Å². The Labute approximate surface area is 128 Å². The minimum absolute atomic E-state index is 0.361. The number of carbonyl (C=O) groups is 1. The maximum atomic E-state index is 13.5. The van der Waals surface area contributed by atoms with Gasteiger partial charge in [-0.15, -0.1) is 0 Å². The highest BCUT2D eigenvalue weighted by Gasteiger charge is 2.14. The van der Waals surface area contributed by atoms with Gasteiger partial charge in [-0.25, -0.2) is 4.39 Å². The second kappa shape index (κ2) is 6.47. The average Bonchev–Trinajstić information content (AvgIpc) is 2.51. The van der Waals surface area contributed by atoms with Crippen LogP contribution in [0, 0.1) is 19.7 Å². The molecule has 4 nitrogen and oxygen atoms in total. The molecule has 0 atom stereocenters. The van der Waals surface area contributed by atoms with E-state index in [-0.39, 0.29) is 11.7 Å². The fraction of sp³-hybridized carbons (Fsp3) is 0.235. The van der Waals surface area contributed by atoms with Crippen molar-refractivity contribution in [2.24, 2.45) is 0 Å². The number of rotatable bonds is 4. The molecule has 0 aliphatic carbocycles. The molecule has 2 aromatic rings. The first-order valence-corrected chi connectivity index (χ1v) is 6.76. The molecule has 0 spiro atoms. The van der Waals surface area contributed by atoms with Gasteiger partial charge >= 0.3 is 0 Å². The third-order valence-electron chi connectivity index (χ3n) is 3.44. The number of amides is 1. The van der Waals surface area contributed by atoms with Gasteiger partial charge in [-0.3, -0.25) is 4.79 Å². The molecule has 1 amide bonds. The van der Waals surface area contributed by atoms with Gasteiger partial charge in [0.25, 0.3) is 5.91 Å². The highest BCUT2D eigenvalue weighted by atomic mass is 19.1. The third-order valence-corrected chi connectivity index (χ3v) is 3.44. The zero-order valence-corrected chi connectivity index (χ0v) is 13.0. The number of nitrogens with one attached hydrogen (secondary N) is 1. The Kier molecular flexibility index (Phi) is 4.65. The Morgan fingerprint density at radius 1 is 1.05 bits per heavy atom. The number of hydrogen-bond acceptors (Lipinski definition) is 3. The number of methoxy groups -OCH3 is 2. The summed E-state index contributed by atoms with van der Waals surface area (Å²) < 4.78 is 24.0. The van der Waals surface area contributed by atoms with Gasteiger partial charge in [0.15, 0.2) is 0 Å². The van der Waals surface area contributed by atoms with Crippen LogP contribution in [0.15, 0.2) is 30.3 Å². The van der Waals surface area contributed by atoms with E-state index >= 15 is 0 Å². The molecular weight excluding hydrogens is 285 g/mol. The number of halogens is 1. The summed E-state index contributed by atoms with van der Waals surface area (Å²) in [5.41, 5.74) is 2.10. The second-order valence-electron chi connectivity index (χ2n) is 4.92. The van der Waals surface area contributed by atoms with Crippen molar-refractivity contribution in [3.8, 4) is 11.5 Å². The minimum Gasteiger partial charge on any atom is -0.496 e. The first-order valence-electron chi connectivity index (χ1n) is 6.76. The van der Waals surface area contributed by atoms with E-state index in [1.165, 1.54) is 20.3 Å². The minimum atomic E-state index is -0.364. The number of hydrogen-bond donors (Lipinski definition) is 1. The third kappa shape index (κ3) is 3.19. The van der Waals surface area contributed by atoms with Crippen LogP contribution in [0.3, 0.4) is 0 Å². The fourth-order valence-corrected chi connectivity index (χ4v) is 2.09. The molecule has 0 heterocycles. The summed E-state index contributed by atoms with van der Waals surface area (Å²) in [5.74, 6) is 0.385. The smallest absolute Gasteiger partial charge is 0.255 e. The van der Waals surface area contributed by atoms with Crippen LogP contribution < -0.4 is 14.8 Å². The molecule has 0 bridgehead atoms. The van der Waals surface area contributed by atoms with Crippen LogP contribution in [0.5, 0.6) is 11.5 Å². The molecule has 0 radical (unpaired) electrons. The molecular formula is C17H18FNO3. The van der Waals surface area contributed by atoms with Crippen molar-refractivity contribution >= 4 is 11.6 Å². The van der Waals surface area contributed by atoms with E-state index in [9.17, 15) is 9.18 Å². The lowest BCUT2D eigenvalue weighted by molar-refractivity contribution is 0.102. The maximum absolute atomic E-state index is 13.5. The van der Waals surface area contributed by atoms with E-state index in [0.717, 1.165) is 5.56 Å². The predicted molar refractivity (Wildman–Crippen MR) is 83.4 cm³/mol. The first kappa shape index (κ1) is 15.8. The summed E-state index contributed by atoms with van der Waals surface area (Å²) in [6, 6.07) is 7.80. The van der Waals surface area contributed by atoms with Crippen molar-refractivity contribution in [2.75, 3.05) is 19.5 Å². The summed E-state index contributed by atoms with van der Waals surface area (Å²) in [6.45, 7) is 3.51. The summed E-state index contributed by atoms with van der Waals surface area (Å²) in [5, 5.41) is 2.66. The quantitative estimate of drug-likeness (QED) is 0.936. The number of ether oxygens (including phenoxy) is 2. The van der Waals surface area contributed by atoms with Crippen LogP contribution in [0.4, 0.5) is 10.1 Å². The molecule has 0 aromatic heterocycles. The van der Waals surface area contributed by atoms with Crippen LogP contribution >= 0.6 is 0 Å². The lowest BCUT2D eigenvalue weighted by atomic mass is 10.1. The maximum Gasteiger partial charge on any atom is 0.255 e. The van der Waals surface area contributed by atoms with E-state index in [4.69, 9.17) is 9.47 Å². The second-order valence-corrected chi connectivity index (χ2v) is 4.92. The largest absolute Gasteiger partial charge is 0.496 e. The first-order chi connectivity index (χ1) is 10.5. The van der Waals surface area contributed by atoms with Gasteiger partial charge in [0, 0.05) is 16.8 Å². The summed E-state index contributed by atoms with van der Waals surface area (Å²) >= 11 is 0. The van der Waals surface area contributed by atoms with Crippen molar-refractivity contribution in [1.82, 2.24) is 0 Å². The highest BCUT2D eigenvalue weighted by Crippen LogP contribution is 2.29. The lowest BCUT2D eigenvalue weighted by Crippen LogP contribution is -2.13. The van der Waals surface area contributed by atoms with Gasteiger partial charge in [0.05, 0.1) is 14.2 Å². The molecule has 116 valence electrons. The molecule has 0 aliphatic rings. The van der Waals surface area contributed by atoms with Gasteiger partial charge in [-0.1, -0.05) is 6.07 Å². The highest BCUT2D eigenvalue weighted by molar-refractivity contribution is 6.05. The van der Waals surface area contributed by atoms with Crippen molar-refractivity contribution in [1.29, 1.82) is 0 Å². The van der Waals surface area contributed by atoms with Crippen LogP contribution in [0.25, 0.3) is 0 Å². The monoisotopic (exact) mass is 303 g/mol. The van der Waals surface area contributed by atoms with Crippen molar-refractivity contribution in [3.63, 3.8) is 0 Å². The van der Waals surface area contributed by atoms with Gasteiger partial charge in [-0.05, 0) is 43.7 Å².